The zero-order valence-electron chi connectivity index (χ0n) is 6.72. The van der Waals surface area contributed by atoms with E-state index in [1.165, 1.54) is 12.7 Å². The topological polar surface area (TPSA) is 70.9 Å². The van der Waals surface area contributed by atoms with E-state index in [0.29, 0.717) is 12.5 Å². The number of alkyl halides is 1. The monoisotopic (exact) mass is 224 g/mol. The van der Waals surface area contributed by atoms with Gasteiger partial charge in [0.1, 0.15) is 12.7 Å². The highest BCUT2D eigenvalue weighted by Gasteiger charge is 2.01. The maximum absolute atomic E-state index is 9.05. The van der Waals surface area contributed by atoms with Gasteiger partial charge < -0.3 is 10.4 Å². The van der Waals surface area contributed by atoms with Crippen LogP contribution in [0.2, 0.25) is 0 Å². The lowest BCUT2D eigenvalue weighted by atomic mass is 10.4. The van der Waals surface area contributed by atoms with E-state index < -0.39 is 6.10 Å². The summed E-state index contributed by atoms with van der Waals surface area (Å²) in [6.45, 7) is 0.341. The van der Waals surface area contributed by atoms with Crippen LogP contribution in [0.3, 0.4) is 0 Å². The van der Waals surface area contributed by atoms with Crippen molar-refractivity contribution in [2.45, 2.75) is 6.10 Å². The number of aliphatic hydroxyl groups is 1. The van der Waals surface area contributed by atoms with Gasteiger partial charge in [0.15, 0.2) is 0 Å². The van der Waals surface area contributed by atoms with E-state index in [2.05, 4.69) is 20.3 Å². The van der Waals surface area contributed by atoms with Gasteiger partial charge in [-0.25, -0.2) is 15.0 Å². The van der Waals surface area contributed by atoms with Crippen LogP contribution in [-0.4, -0.2) is 38.6 Å². The van der Waals surface area contributed by atoms with Gasteiger partial charge in [-0.2, -0.15) is 0 Å². The van der Waals surface area contributed by atoms with Gasteiger partial charge in [-0.15, -0.1) is 24.0 Å². The zero-order chi connectivity index (χ0) is 8.81. The van der Waals surface area contributed by atoms with Crippen LogP contribution in [0.5, 0.6) is 0 Å². The largest absolute Gasteiger partial charge is 0.390 e. The number of aliphatic hydroxyl groups excluding tert-OH is 1. The molecule has 1 rings (SSSR count). The quantitative estimate of drug-likeness (QED) is 0.721. The van der Waals surface area contributed by atoms with Crippen LogP contribution in [0.15, 0.2) is 12.7 Å². The lowest BCUT2D eigenvalue weighted by molar-refractivity contribution is 0.211. The third-order valence-electron chi connectivity index (χ3n) is 1.17. The van der Waals surface area contributed by atoms with Crippen LogP contribution < -0.4 is 5.32 Å². The summed E-state index contributed by atoms with van der Waals surface area (Å²) in [5.41, 5.74) is 0. The molecular formula is C6H10Cl2N4O. The highest BCUT2D eigenvalue weighted by atomic mass is 35.5. The van der Waals surface area contributed by atoms with Gasteiger partial charge >= 0.3 is 0 Å². The summed E-state index contributed by atoms with van der Waals surface area (Å²) in [6.07, 6.45) is 2.17. The third-order valence-corrected chi connectivity index (χ3v) is 1.52. The Balaban J connectivity index is 0.00000144. The predicted molar refractivity (Wildman–Crippen MR) is 52.3 cm³/mol. The van der Waals surface area contributed by atoms with Crippen molar-refractivity contribution in [3.05, 3.63) is 12.7 Å². The molecule has 0 bridgehead atoms. The fourth-order valence-electron chi connectivity index (χ4n) is 0.594. The van der Waals surface area contributed by atoms with Crippen LogP contribution >= 0.6 is 24.0 Å². The Bertz CT molecular complexity index is 223. The van der Waals surface area contributed by atoms with Crippen molar-refractivity contribution in [3.63, 3.8) is 0 Å². The average Bonchev–Trinajstić information content (AvgIpc) is 2.16. The molecule has 0 amide bonds. The van der Waals surface area contributed by atoms with Gasteiger partial charge in [0.05, 0.1) is 12.0 Å². The number of aromatic nitrogens is 3. The van der Waals surface area contributed by atoms with Gasteiger partial charge in [-0.3, -0.25) is 0 Å². The normalized spacial score (nSPS) is 11.5. The lowest BCUT2D eigenvalue weighted by Crippen LogP contribution is -2.21. The molecule has 0 fully saturated rings. The van der Waals surface area contributed by atoms with E-state index >= 15 is 0 Å². The fraction of sp³-hybridized carbons (Fsp3) is 0.500. The second kappa shape index (κ2) is 6.82. The van der Waals surface area contributed by atoms with Gasteiger partial charge in [0.25, 0.3) is 0 Å². The van der Waals surface area contributed by atoms with Crippen molar-refractivity contribution >= 4 is 30.0 Å². The smallest absolute Gasteiger partial charge is 0.225 e. The second-order valence-electron chi connectivity index (χ2n) is 2.15. The molecule has 74 valence electrons. The van der Waals surface area contributed by atoms with Crippen LogP contribution in [-0.2, 0) is 0 Å². The number of rotatable bonds is 4. The minimum absolute atomic E-state index is 0. The molecule has 7 heteroatoms. The second-order valence-corrected chi connectivity index (χ2v) is 2.46. The average molecular weight is 225 g/mol. The summed E-state index contributed by atoms with van der Waals surface area (Å²) in [5, 5.41) is 11.9. The molecule has 1 heterocycles. The van der Waals surface area contributed by atoms with E-state index in [0.717, 1.165) is 0 Å². The maximum Gasteiger partial charge on any atom is 0.225 e. The van der Waals surface area contributed by atoms with E-state index in [1.807, 2.05) is 0 Å². The van der Waals surface area contributed by atoms with Crippen molar-refractivity contribution in [2.24, 2.45) is 0 Å². The minimum atomic E-state index is -0.580. The lowest BCUT2D eigenvalue weighted by Gasteiger charge is -2.06. The third kappa shape index (κ3) is 4.82. The Morgan fingerprint density at radius 1 is 1.46 bits per heavy atom. The molecule has 0 radical (unpaired) electrons. The van der Waals surface area contributed by atoms with Gasteiger partial charge in [-0.05, 0) is 0 Å². The van der Waals surface area contributed by atoms with Crippen LogP contribution in [0.1, 0.15) is 0 Å². The van der Waals surface area contributed by atoms with Crippen molar-refractivity contribution in [1.82, 2.24) is 15.0 Å². The summed E-state index contributed by atoms with van der Waals surface area (Å²) >= 11 is 5.38. The van der Waals surface area contributed by atoms with Gasteiger partial charge in [0.2, 0.25) is 5.95 Å². The van der Waals surface area contributed by atoms with Crippen molar-refractivity contribution < 1.29 is 5.11 Å². The first-order valence-corrected chi connectivity index (χ1v) is 3.96. The summed E-state index contributed by atoms with van der Waals surface area (Å²) in [5.74, 6) is 0.632. The van der Waals surface area contributed by atoms with Crippen molar-refractivity contribution in [1.29, 1.82) is 0 Å². The Labute approximate surface area is 87.0 Å². The Hall–Kier alpha value is -0.650. The van der Waals surface area contributed by atoms with E-state index in [9.17, 15) is 0 Å². The first kappa shape index (κ1) is 12.3. The molecule has 0 aliphatic heterocycles. The number of nitrogens with zero attached hydrogens (tertiary/aromatic N) is 3. The van der Waals surface area contributed by atoms with E-state index in [4.69, 9.17) is 16.7 Å². The highest BCUT2D eigenvalue weighted by molar-refractivity contribution is 6.18. The molecule has 0 saturated carbocycles. The van der Waals surface area contributed by atoms with Crippen LogP contribution in [0.25, 0.3) is 0 Å². The molecule has 1 unspecified atom stereocenters. The Morgan fingerprint density at radius 2 is 2.08 bits per heavy atom. The molecule has 1 atom stereocenters. The standard InChI is InChI=1S/C6H9ClN4O.ClH/c7-1-5(12)2-9-6-10-3-8-4-11-6;/h3-5,12H,1-2H2,(H,8,9,10,11);1H. The molecule has 1 aromatic rings. The van der Waals surface area contributed by atoms with E-state index in [1.54, 1.807) is 0 Å². The first-order chi connectivity index (χ1) is 5.83. The van der Waals surface area contributed by atoms with Crippen molar-refractivity contribution in [2.75, 3.05) is 17.7 Å². The summed E-state index contributed by atoms with van der Waals surface area (Å²) in [7, 11) is 0. The van der Waals surface area contributed by atoms with Gasteiger partial charge in [0, 0.05) is 6.54 Å². The highest BCUT2D eigenvalue weighted by Crippen LogP contribution is 1.93. The Morgan fingerprint density at radius 3 is 2.62 bits per heavy atom. The number of hydrogen-bond donors (Lipinski definition) is 2. The number of anilines is 1. The number of halogens is 2. The predicted octanol–water partition coefficient (Wildman–Crippen LogP) is 0.305. The summed E-state index contributed by atoms with van der Waals surface area (Å²) in [4.78, 5) is 11.2. The van der Waals surface area contributed by atoms with E-state index in [-0.39, 0.29) is 18.3 Å². The zero-order valence-corrected chi connectivity index (χ0v) is 8.29. The molecule has 0 aromatic carbocycles. The minimum Gasteiger partial charge on any atom is -0.390 e. The van der Waals surface area contributed by atoms with Crippen LogP contribution in [0, 0.1) is 0 Å². The molecule has 2 N–H and O–H groups in total. The number of hydrogen-bond acceptors (Lipinski definition) is 5. The van der Waals surface area contributed by atoms with Crippen LogP contribution in [0.4, 0.5) is 5.95 Å². The summed E-state index contributed by atoms with van der Waals surface area (Å²) in [6, 6.07) is 0. The fourth-order valence-corrected chi connectivity index (χ4v) is 0.703. The molecular weight excluding hydrogens is 215 g/mol. The first-order valence-electron chi connectivity index (χ1n) is 3.43. The summed E-state index contributed by atoms with van der Waals surface area (Å²) < 4.78 is 0. The van der Waals surface area contributed by atoms with Gasteiger partial charge in [-0.1, -0.05) is 0 Å². The molecule has 0 spiro atoms. The Kier molecular flexibility index (Phi) is 6.48. The molecule has 13 heavy (non-hydrogen) atoms. The molecule has 0 saturated heterocycles. The number of nitrogens with one attached hydrogen (secondary N) is 1. The SMILES string of the molecule is Cl.OC(CCl)CNc1ncncn1. The molecule has 1 aromatic heterocycles. The molecule has 0 aliphatic rings. The molecule has 0 aliphatic carbocycles. The van der Waals surface area contributed by atoms with Crippen molar-refractivity contribution in [3.8, 4) is 0 Å². The maximum atomic E-state index is 9.05. The molecule has 5 nitrogen and oxygen atoms in total.